The maximum absolute atomic E-state index is 13.7. The van der Waals surface area contributed by atoms with E-state index in [1.54, 1.807) is 23.9 Å². The maximum Gasteiger partial charge on any atom is 0.410 e. The molecule has 2 aromatic rings. The van der Waals surface area contributed by atoms with E-state index in [2.05, 4.69) is 10.6 Å². The van der Waals surface area contributed by atoms with Crippen LogP contribution in [0.2, 0.25) is 0 Å². The molecule has 0 radical (unpaired) electrons. The van der Waals surface area contributed by atoms with E-state index in [-0.39, 0.29) is 60.8 Å². The minimum atomic E-state index is -0.712. The molecule has 0 aromatic heterocycles. The summed E-state index contributed by atoms with van der Waals surface area (Å²) in [4.78, 5) is 86.1. The van der Waals surface area contributed by atoms with Gasteiger partial charge in [0, 0.05) is 77.3 Å². The van der Waals surface area contributed by atoms with Crippen LogP contribution in [0.4, 0.5) is 21.0 Å². The first-order valence-corrected chi connectivity index (χ1v) is 22.1. The zero-order valence-electron chi connectivity index (χ0n) is 37.0. The van der Waals surface area contributed by atoms with E-state index >= 15 is 0 Å². The lowest BCUT2D eigenvalue weighted by Gasteiger charge is -2.34. The molecule has 6 amide bonds. The standard InChI is InChI=1S/C46H64N6O10/c1-29(2)39(49(5)45(57)61-37-17-23-59-24-18-37)43(55)51-21-15-33(27-51)41(53)47-35-11-7-31(8-12-35)32-9-13-36(14-10-32)48-42(54)34-16-22-52(28-34)44(56)40(30(3)4)50(6)46(58)62-38-19-25-60-26-20-38/h7-14,29-30,33-34,37-40H,15-28H2,1-6H3,(H,47,53)(H,48,54)/t33-,34+,39+,40-. The molecule has 16 nitrogen and oxygen atoms in total. The van der Waals surface area contributed by atoms with Gasteiger partial charge in [0.05, 0.1) is 38.3 Å². The summed E-state index contributed by atoms with van der Waals surface area (Å²) in [6, 6.07) is 13.5. The van der Waals surface area contributed by atoms with Gasteiger partial charge in [0.1, 0.15) is 24.3 Å². The Morgan fingerprint density at radius 2 is 0.903 bits per heavy atom. The van der Waals surface area contributed by atoms with Crippen molar-refractivity contribution in [3.05, 3.63) is 48.5 Å². The first-order chi connectivity index (χ1) is 29.7. The summed E-state index contributed by atoms with van der Waals surface area (Å²) in [5.74, 6) is -1.82. The number of likely N-dealkylation sites (tertiary alicyclic amines) is 2. The molecule has 0 unspecified atom stereocenters. The van der Waals surface area contributed by atoms with Gasteiger partial charge in [-0.2, -0.15) is 0 Å². The Bertz CT molecular complexity index is 1740. The van der Waals surface area contributed by atoms with Crippen molar-refractivity contribution in [2.75, 3.05) is 77.3 Å². The summed E-state index contributed by atoms with van der Waals surface area (Å²) in [5.41, 5.74) is 3.11. The van der Waals surface area contributed by atoms with E-state index in [9.17, 15) is 28.8 Å². The Balaban J connectivity index is 0.955. The van der Waals surface area contributed by atoms with Crippen LogP contribution >= 0.6 is 0 Å². The van der Waals surface area contributed by atoms with Crippen molar-refractivity contribution >= 4 is 47.2 Å². The largest absolute Gasteiger partial charge is 0.446 e. The number of hydrogen-bond donors (Lipinski definition) is 2. The smallest absolute Gasteiger partial charge is 0.410 e. The highest BCUT2D eigenvalue weighted by atomic mass is 16.6. The molecule has 2 aromatic carbocycles. The molecule has 16 heteroatoms. The number of likely N-dealkylation sites (N-methyl/N-ethyl adjacent to an activating group) is 2. The number of rotatable bonds is 13. The highest BCUT2D eigenvalue weighted by molar-refractivity contribution is 5.95. The number of nitrogens with one attached hydrogen (secondary N) is 2. The number of benzene rings is 2. The number of anilines is 2. The van der Waals surface area contributed by atoms with Crippen LogP contribution in [0.15, 0.2) is 48.5 Å². The third kappa shape index (κ3) is 11.6. The Morgan fingerprint density at radius 1 is 0.565 bits per heavy atom. The number of carbonyl (C=O) groups excluding carboxylic acids is 6. The Hall–Kier alpha value is -5.22. The molecular formula is C46H64N6O10. The predicted molar refractivity (Wildman–Crippen MR) is 232 cm³/mol. The lowest BCUT2D eigenvalue weighted by atomic mass is 10.0. The van der Waals surface area contributed by atoms with Crippen LogP contribution in [0.3, 0.4) is 0 Å². The second kappa shape index (κ2) is 21.2. The second-order valence-corrected chi connectivity index (χ2v) is 17.7. The highest BCUT2D eigenvalue weighted by Crippen LogP contribution is 2.28. The summed E-state index contributed by atoms with van der Waals surface area (Å²) in [6.45, 7) is 11.1. The first kappa shape index (κ1) is 46.3. The minimum Gasteiger partial charge on any atom is -0.446 e. The summed E-state index contributed by atoms with van der Waals surface area (Å²) in [7, 11) is 3.19. The molecule has 338 valence electrons. The number of ether oxygens (including phenoxy) is 4. The average molecular weight is 861 g/mol. The monoisotopic (exact) mass is 860 g/mol. The topological polar surface area (TPSA) is 176 Å². The van der Waals surface area contributed by atoms with E-state index < -0.39 is 36.1 Å². The van der Waals surface area contributed by atoms with Crippen LogP contribution in [0.25, 0.3) is 11.1 Å². The Labute approximate surface area is 364 Å². The molecule has 2 N–H and O–H groups in total. The van der Waals surface area contributed by atoms with Gasteiger partial charge < -0.3 is 39.4 Å². The first-order valence-electron chi connectivity index (χ1n) is 22.1. The molecule has 0 aliphatic carbocycles. The average Bonchev–Trinajstić information content (AvgIpc) is 3.97. The minimum absolute atomic E-state index is 0.154. The Morgan fingerprint density at radius 3 is 1.23 bits per heavy atom. The normalized spacial score (nSPS) is 20.7. The van der Waals surface area contributed by atoms with Crippen molar-refractivity contribution < 1.29 is 47.7 Å². The van der Waals surface area contributed by atoms with E-state index in [1.165, 1.54) is 9.80 Å². The van der Waals surface area contributed by atoms with Gasteiger partial charge in [-0.15, -0.1) is 0 Å². The molecule has 0 saturated carbocycles. The molecule has 6 rings (SSSR count). The third-order valence-corrected chi connectivity index (χ3v) is 12.4. The van der Waals surface area contributed by atoms with Crippen molar-refractivity contribution in [2.24, 2.45) is 23.7 Å². The van der Waals surface area contributed by atoms with E-state index in [0.29, 0.717) is 89.4 Å². The van der Waals surface area contributed by atoms with Crippen LogP contribution in [0.1, 0.15) is 66.2 Å². The lowest BCUT2D eigenvalue weighted by molar-refractivity contribution is -0.138. The second-order valence-electron chi connectivity index (χ2n) is 17.7. The molecule has 4 atom stereocenters. The summed E-state index contributed by atoms with van der Waals surface area (Å²) in [5, 5.41) is 5.99. The number of amides is 6. The molecule has 0 bridgehead atoms. The van der Waals surface area contributed by atoms with Gasteiger partial charge in [0.15, 0.2) is 0 Å². The third-order valence-electron chi connectivity index (χ3n) is 12.4. The van der Waals surface area contributed by atoms with Gasteiger partial charge in [-0.25, -0.2) is 9.59 Å². The quantitative estimate of drug-likeness (QED) is 0.263. The van der Waals surface area contributed by atoms with Gasteiger partial charge >= 0.3 is 12.2 Å². The van der Waals surface area contributed by atoms with Crippen molar-refractivity contribution in [2.45, 2.75) is 90.5 Å². The zero-order valence-corrected chi connectivity index (χ0v) is 37.0. The van der Waals surface area contributed by atoms with Crippen LogP contribution < -0.4 is 10.6 Å². The summed E-state index contributed by atoms with van der Waals surface area (Å²) in [6.07, 6.45) is 2.05. The van der Waals surface area contributed by atoms with Crippen molar-refractivity contribution in [3.8, 4) is 11.1 Å². The number of carbonyl (C=O) groups is 6. The van der Waals surface area contributed by atoms with Gasteiger partial charge in [-0.3, -0.25) is 29.0 Å². The fraction of sp³-hybridized carbons (Fsp3) is 0.609. The fourth-order valence-electron chi connectivity index (χ4n) is 8.77. The molecule has 0 spiro atoms. The lowest BCUT2D eigenvalue weighted by Crippen LogP contribution is -2.52. The summed E-state index contributed by atoms with van der Waals surface area (Å²) < 4.78 is 22.1. The Kier molecular flexibility index (Phi) is 15.9. The molecule has 4 fully saturated rings. The van der Waals surface area contributed by atoms with E-state index in [1.807, 2.05) is 76.2 Å². The van der Waals surface area contributed by atoms with E-state index in [0.717, 1.165) is 11.1 Å². The van der Waals surface area contributed by atoms with Gasteiger partial charge in [-0.1, -0.05) is 52.0 Å². The SMILES string of the molecule is CC(C)[C@@H](C(=O)N1CC[C@@H](C(=O)Nc2ccc(-c3ccc(NC(=O)[C@H]4CCN(C(=O)[C@@H](C(C)C)N(C)C(=O)OC5CCOCC5)C4)cc3)cc2)C1)N(C)C(=O)OC1CCOCC1. The zero-order chi connectivity index (χ0) is 44.5. The van der Waals surface area contributed by atoms with Gasteiger partial charge in [0.25, 0.3) is 0 Å². The fourth-order valence-corrected chi connectivity index (χ4v) is 8.77. The van der Waals surface area contributed by atoms with Crippen molar-refractivity contribution in [1.82, 2.24) is 19.6 Å². The van der Waals surface area contributed by atoms with Crippen molar-refractivity contribution in [1.29, 1.82) is 0 Å². The van der Waals surface area contributed by atoms with Crippen molar-refractivity contribution in [3.63, 3.8) is 0 Å². The highest BCUT2D eigenvalue weighted by Gasteiger charge is 2.41. The van der Waals surface area contributed by atoms with Gasteiger partial charge in [-0.05, 0) is 60.1 Å². The molecule has 62 heavy (non-hydrogen) atoms. The number of hydrogen-bond acceptors (Lipinski definition) is 10. The molecule has 4 saturated heterocycles. The van der Waals surface area contributed by atoms with Crippen LogP contribution in [-0.4, -0.2) is 146 Å². The molecular weight excluding hydrogens is 797 g/mol. The summed E-state index contributed by atoms with van der Waals surface area (Å²) >= 11 is 0. The van der Waals surface area contributed by atoms with Crippen LogP contribution in [-0.2, 0) is 38.1 Å². The predicted octanol–water partition coefficient (Wildman–Crippen LogP) is 5.47. The molecule has 4 aliphatic heterocycles. The van der Waals surface area contributed by atoms with Crippen LogP contribution in [0, 0.1) is 23.7 Å². The van der Waals surface area contributed by atoms with Gasteiger partial charge in [0.2, 0.25) is 23.6 Å². The number of nitrogens with zero attached hydrogens (tertiary/aromatic N) is 4. The van der Waals surface area contributed by atoms with E-state index in [4.69, 9.17) is 18.9 Å². The maximum atomic E-state index is 13.7. The molecule has 4 heterocycles. The van der Waals surface area contributed by atoms with Crippen LogP contribution in [0.5, 0.6) is 0 Å². The molecule has 4 aliphatic rings.